The number of hydrogen-bond donors (Lipinski definition) is 0. The summed E-state index contributed by atoms with van der Waals surface area (Å²) in [6.45, 7) is 7.62. The maximum absolute atomic E-state index is 9.68. The van der Waals surface area contributed by atoms with Crippen molar-refractivity contribution in [3.8, 4) is 79.3 Å². The third-order valence-corrected chi connectivity index (χ3v) is 19.6. The Hall–Kier alpha value is -10.6. The highest BCUT2D eigenvalue weighted by Gasteiger charge is 2.41. The van der Waals surface area contributed by atoms with E-state index in [0.29, 0.717) is 28.7 Å². The van der Waals surface area contributed by atoms with Crippen LogP contribution in [0.2, 0.25) is 0 Å². The monoisotopic (exact) mass is 1010 g/mol. The number of aromatic nitrogens is 4. The van der Waals surface area contributed by atoms with Gasteiger partial charge in [0.1, 0.15) is 0 Å². The zero-order chi connectivity index (χ0) is 52.4. The van der Waals surface area contributed by atoms with Gasteiger partial charge >= 0.3 is 0 Å². The number of hydrogen-bond acceptors (Lipinski definition) is 4. The van der Waals surface area contributed by atoms with E-state index in [1.165, 1.54) is 20.7 Å². The van der Waals surface area contributed by atoms with Gasteiger partial charge in [0, 0.05) is 33.2 Å². The molecule has 2 heterocycles. The summed E-state index contributed by atoms with van der Waals surface area (Å²) in [6, 6.07) is 100. The van der Waals surface area contributed by atoms with E-state index in [9.17, 15) is 5.26 Å². The first-order chi connectivity index (χ1) is 38.5. The van der Waals surface area contributed by atoms with Gasteiger partial charge in [0.25, 0.3) is 0 Å². The molecule has 0 saturated heterocycles. The van der Waals surface area contributed by atoms with Crippen molar-refractivity contribution in [3.63, 3.8) is 0 Å². The summed E-state index contributed by atoms with van der Waals surface area (Å²) in [7, 11) is -2.98. The van der Waals surface area contributed by atoms with Crippen molar-refractivity contribution in [1.82, 2.24) is 19.5 Å². The maximum atomic E-state index is 9.68. The Morgan fingerprint density at radius 1 is 0.359 bits per heavy atom. The smallest absolute Gasteiger partial charge is 0.187 e. The number of fused-ring (bicyclic) bond motifs is 3. The van der Waals surface area contributed by atoms with Crippen LogP contribution >= 0.6 is 0 Å². The second kappa shape index (κ2) is 20.3. The van der Waals surface area contributed by atoms with Gasteiger partial charge in [-0.15, -0.1) is 0 Å². The molecule has 0 atom stereocenters. The molecule has 78 heavy (non-hydrogen) atoms. The number of nitriles is 1. The molecular formula is C71H46N6Si. The molecule has 0 unspecified atom stereocenters. The fourth-order valence-corrected chi connectivity index (χ4v) is 15.9. The largest absolute Gasteiger partial charge is 0.309 e. The van der Waals surface area contributed by atoms with E-state index in [4.69, 9.17) is 21.5 Å². The quantitative estimate of drug-likeness (QED) is 0.0735. The zero-order valence-corrected chi connectivity index (χ0v) is 43.2. The average Bonchev–Trinajstić information content (AvgIpc) is 4.02. The summed E-state index contributed by atoms with van der Waals surface area (Å²) < 4.78 is 2.38. The lowest BCUT2D eigenvalue weighted by Gasteiger charge is -2.34. The molecule has 0 aliphatic carbocycles. The second-order valence-corrected chi connectivity index (χ2v) is 23.2. The minimum absolute atomic E-state index is 0.558. The first-order valence-corrected chi connectivity index (χ1v) is 27.9. The molecular weight excluding hydrogens is 965 g/mol. The molecule has 0 aliphatic rings. The van der Waals surface area contributed by atoms with Crippen molar-refractivity contribution < 1.29 is 0 Å². The van der Waals surface area contributed by atoms with E-state index in [1.807, 2.05) is 109 Å². The molecule has 0 bridgehead atoms. The minimum Gasteiger partial charge on any atom is -0.309 e. The molecule has 0 radical (unpaired) electrons. The molecule has 0 aliphatic heterocycles. The highest BCUT2D eigenvalue weighted by atomic mass is 28.3. The lowest BCUT2D eigenvalue weighted by Crippen LogP contribution is -2.74. The third kappa shape index (κ3) is 8.53. The molecule has 0 saturated carbocycles. The van der Waals surface area contributed by atoms with Crippen LogP contribution < -0.4 is 20.7 Å². The van der Waals surface area contributed by atoms with Gasteiger partial charge in [-0.2, -0.15) is 5.26 Å². The van der Waals surface area contributed by atoms with Crippen LogP contribution in [-0.2, 0) is 0 Å². The van der Waals surface area contributed by atoms with Crippen molar-refractivity contribution in [3.05, 3.63) is 296 Å². The first kappa shape index (κ1) is 47.2. The van der Waals surface area contributed by atoms with Crippen molar-refractivity contribution >= 4 is 56.3 Å². The molecule has 13 aromatic rings. The predicted octanol–water partition coefficient (Wildman–Crippen LogP) is 14.8. The van der Waals surface area contributed by atoms with Gasteiger partial charge in [0.05, 0.1) is 29.2 Å². The highest BCUT2D eigenvalue weighted by molar-refractivity contribution is 7.19. The Labute approximate surface area is 454 Å². The standard InChI is InChI=1S/C71H46N6Si/c1-73-57-38-34-51(35-39-57)55-37-42-64-63-41-36-54(50-32-30-49(48-72)31-33-50)45-67(63)77(68(64)46-55)58-40-43-65(71-75-69(52-18-7-2-8-19-52)74-70(76-71)53-20-9-3-10-21-53)66(47-58)56-22-17-29-62(44-56)78(59-23-11-4-12-24-59,60-25-13-5-14-26-60)61-27-15-6-16-28-61/h2-47H. The molecule has 7 heteroatoms. The summed E-state index contributed by atoms with van der Waals surface area (Å²) >= 11 is 0. The van der Waals surface area contributed by atoms with Crippen molar-refractivity contribution in [2.75, 3.05) is 0 Å². The van der Waals surface area contributed by atoms with E-state index in [2.05, 4.69) is 185 Å². The third-order valence-electron chi connectivity index (χ3n) is 14.9. The number of rotatable bonds is 11. The predicted molar refractivity (Wildman–Crippen MR) is 321 cm³/mol. The summed E-state index contributed by atoms with van der Waals surface area (Å²) in [6.07, 6.45) is 0. The zero-order valence-electron chi connectivity index (χ0n) is 42.2. The van der Waals surface area contributed by atoms with Gasteiger partial charge in [-0.3, -0.25) is 0 Å². The van der Waals surface area contributed by atoms with Gasteiger partial charge in [-0.25, -0.2) is 19.8 Å². The van der Waals surface area contributed by atoms with Crippen LogP contribution in [0.4, 0.5) is 5.69 Å². The Kier molecular flexibility index (Phi) is 12.3. The fraction of sp³-hybridized carbons (Fsp3) is 0. The second-order valence-electron chi connectivity index (χ2n) is 19.3. The number of nitrogens with zero attached hydrogens (tertiary/aromatic N) is 6. The molecule has 2 aromatic heterocycles. The normalized spacial score (nSPS) is 11.3. The van der Waals surface area contributed by atoms with E-state index in [1.54, 1.807) is 0 Å². The summed E-state index contributed by atoms with van der Waals surface area (Å²) in [5, 5.41) is 17.0. The molecule has 0 N–H and O–H groups in total. The van der Waals surface area contributed by atoms with E-state index in [-0.39, 0.29) is 0 Å². The van der Waals surface area contributed by atoms with E-state index in [0.717, 1.165) is 77.6 Å². The van der Waals surface area contributed by atoms with Crippen molar-refractivity contribution in [2.24, 2.45) is 0 Å². The minimum atomic E-state index is -2.98. The van der Waals surface area contributed by atoms with Crippen LogP contribution in [0, 0.1) is 17.9 Å². The van der Waals surface area contributed by atoms with Crippen LogP contribution in [0.1, 0.15) is 5.56 Å². The van der Waals surface area contributed by atoms with Crippen LogP contribution in [0.25, 0.3) is 99.9 Å². The summed E-state index contributed by atoms with van der Waals surface area (Å²) in [4.78, 5) is 19.5. The Balaban J connectivity index is 1.11. The van der Waals surface area contributed by atoms with E-state index < -0.39 is 8.07 Å². The maximum Gasteiger partial charge on any atom is 0.187 e. The van der Waals surface area contributed by atoms with Crippen LogP contribution in [-0.4, -0.2) is 27.6 Å². The Morgan fingerprint density at radius 3 is 1.28 bits per heavy atom. The summed E-state index contributed by atoms with van der Waals surface area (Å²) in [5.41, 5.74) is 13.0. The fourth-order valence-electron chi connectivity index (χ4n) is 11.1. The SMILES string of the molecule is [C-]#[N+]c1ccc(-c2ccc3c4ccc(-c5ccc(C#N)cc5)cc4n(-c4ccc(-c5nc(-c6ccccc6)nc(-c6ccccc6)n5)c(-c5cccc([Si](c6ccccc6)(c6ccccc6)c6ccccc6)c5)c4)c3c2)cc1. The van der Waals surface area contributed by atoms with Gasteiger partial charge in [-0.05, 0) is 96.6 Å². The average molecular weight is 1010 g/mol. The molecule has 11 aromatic carbocycles. The van der Waals surface area contributed by atoms with Crippen LogP contribution in [0.3, 0.4) is 0 Å². The number of benzene rings is 11. The highest BCUT2D eigenvalue weighted by Crippen LogP contribution is 2.40. The molecule has 364 valence electrons. The van der Waals surface area contributed by atoms with Crippen molar-refractivity contribution in [1.29, 1.82) is 5.26 Å². The lowest BCUT2D eigenvalue weighted by molar-refractivity contribution is 1.07. The first-order valence-electron chi connectivity index (χ1n) is 25.9. The molecule has 6 nitrogen and oxygen atoms in total. The Bertz CT molecular complexity index is 4150. The van der Waals surface area contributed by atoms with E-state index >= 15 is 0 Å². The van der Waals surface area contributed by atoms with Crippen molar-refractivity contribution in [2.45, 2.75) is 0 Å². The lowest BCUT2D eigenvalue weighted by atomic mass is 9.97. The Morgan fingerprint density at radius 2 is 0.795 bits per heavy atom. The summed E-state index contributed by atoms with van der Waals surface area (Å²) in [5.74, 6) is 1.73. The van der Waals surface area contributed by atoms with Crippen LogP contribution in [0.15, 0.2) is 279 Å². The molecule has 0 amide bonds. The van der Waals surface area contributed by atoms with Gasteiger partial charge < -0.3 is 4.57 Å². The topological polar surface area (TPSA) is 71.8 Å². The molecule has 0 spiro atoms. The van der Waals surface area contributed by atoms with Gasteiger partial charge in [0.15, 0.2) is 31.2 Å². The van der Waals surface area contributed by atoms with Crippen LogP contribution in [0.5, 0.6) is 0 Å². The van der Waals surface area contributed by atoms with Gasteiger partial charge in [-0.1, -0.05) is 237 Å². The molecule has 0 fully saturated rings. The van der Waals surface area contributed by atoms with Gasteiger partial charge in [0.2, 0.25) is 0 Å². The molecule has 13 rings (SSSR count).